The number of amides is 1. The molecule has 8 heteroatoms. The van der Waals surface area contributed by atoms with Gasteiger partial charge in [-0.1, -0.05) is 53.0 Å². The summed E-state index contributed by atoms with van der Waals surface area (Å²) in [6.07, 6.45) is 4.29. The van der Waals surface area contributed by atoms with Gasteiger partial charge in [-0.3, -0.25) is 4.79 Å². The lowest BCUT2D eigenvalue weighted by atomic mass is 9.86. The number of carbonyl (C=O) groups is 1. The summed E-state index contributed by atoms with van der Waals surface area (Å²) in [5, 5.41) is 9.03. The Kier molecular flexibility index (Phi) is 8.07. The maximum absolute atomic E-state index is 12.5. The number of nitrogens with one attached hydrogen (secondary N) is 2. The zero-order chi connectivity index (χ0) is 24.2. The van der Waals surface area contributed by atoms with Gasteiger partial charge in [-0.05, 0) is 49.8 Å². The summed E-state index contributed by atoms with van der Waals surface area (Å²) in [5.74, 6) is 1.27. The fraction of sp³-hybridized carbons (Fsp3) is 0.385. The first kappa shape index (κ1) is 24.9. The zero-order valence-electron chi connectivity index (χ0n) is 19.4. The highest BCUT2D eigenvalue weighted by atomic mass is 35.5. The normalized spacial score (nSPS) is 18.0. The summed E-state index contributed by atoms with van der Waals surface area (Å²) in [5.41, 5.74) is 2.72. The topological polar surface area (TPSA) is 57.3 Å². The molecule has 34 heavy (non-hydrogen) atoms. The van der Waals surface area contributed by atoms with Gasteiger partial charge in [0, 0.05) is 54.4 Å². The van der Waals surface area contributed by atoms with Crippen LogP contribution in [0.1, 0.15) is 31.2 Å². The largest absolute Gasteiger partial charge is 0.377 e. The van der Waals surface area contributed by atoms with Crippen molar-refractivity contribution < 1.29 is 4.79 Å². The lowest BCUT2D eigenvalue weighted by molar-refractivity contribution is -0.120. The molecule has 0 aliphatic heterocycles. The zero-order valence-corrected chi connectivity index (χ0v) is 21.6. The molecular weight excluding hydrogens is 491 g/mol. The van der Waals surface area contributed by atoms with Crippen LogP contribution in [-0.4, -0.2) is 37.6 Å². The average molecular weight is 520 g/mol. The minimum absolute atomic E-state index is 0.0945. The number of anilines is 2. The van der Waals surface area contributed by atoms with Crippen LogP contribution in [0.25, 0.3) is 10.9 Å². The van der Waals surface area contributed by atoms with E-state index in [9.17, 15) is 4.79 Å². The molecule has 1 heterocycles. The number of hydrogen-bond donors (Lipinski definition) is 2. The van der Waals surface area contributed by atoms with E-state index in [1.165, 1.54) is 0 Å². The number of hydrogen-bond acceptors (Lipinski definition) is 4. The molecule has 0 saturated heterocycles. The molecule has 5 nitrogen and oxygen atoms in total. The highest BCUT2D eigenvalue weighted by Crippen LogP contribution is 2.32. The van der Waals surface area contributed by atoms with Gasteiger partial charge in [0.25, 0.3) is 0 Å². The maximum atomic E-state index is 12.5. The Morgan fingerprint density at radius 3 is 2.47 bits per heavy atom. The minimum Gasteiger partial charge on any atom is -0.377 e. The molecule has 180 valence electrons. The van der Waals surface area contributed by atoms with Gasteiger partial charge in [-0.2, -0.15) is 0 Å². The Labute approximate surface area is 215 Å². The first-order chi connectivity index (χ1) is 16.3. The molecule has 1 aromatic heterocycles. The Bertz CT molecular complexity index is 1180. The van der Waals surface area contributed by atoms with E-state index < -0.39 is 0 Å². The van der Waals surface area contributed by atoms with Gasteiger partial charge < -0.3 is 15.5 Å². The number of benzene rings is 2. The second-order valence-electron chi connectivity index (χ2n) is 9.10. The van der Waals surface area contributed by atoms with Crippen LogP contribution >= 0.6 is 34.8 Å². The minimum atomic E-state index is -0.0945. The Balaban J connectivity index is 1.29. The Hall–Kier alpha value is -2.21. The summed E-state index contributed by atoms with van der Waals surface area (Å²) in [6.45, 7) is 0.653. The third-order valence-corrected chi connectivity index (χ3v) is 7.64. The first-order valence-corrected chi connectivity index (χ1v) is 12.7. The monoisotopic (exact) mass is 518 g/mol. The quantitative estimate of drug-likeness (QED) is 0.346. The van der Waals surface area contributed by atoms with Crippen LogP contribution in [0.4, 0.5) is 11.5 Å². The molecule has 0 bridgehead atoms. The number of halogens is 3. The van der Waals surface area contributed by atoms with Crippen molar-refractivity contribution in [3.63, 3.8) is 0 Å². The molecule has 0 atom stereocenters. The van der Waals surface area contributed by atoms with E-state index in [0.29, 0.717) is 39.1 Å². The summed E-state index contributed by atoms with van der Waals surface area (Å²) < 4.78 is 0. The lowest BCUT2D eigenvalue weighted by Gasteiger charge is -2.30. The molecule has 1 amide bonds. The molecule has 1 saturated carbocycles. The van der Waals surface area contributed by atoms with E-state index in [4.69, 9.17) is 39.8 Å². The number of nitrogens with zero attached hydrogens (tertiary/aromatic N) is 2. The summed E-state index contributed by atoms with van der Waals surface area (Å²) in [7, 11) is 4.11. The van der Waals surface area contributed by atoms with Crippen LogP contribution in [0.15, 0.2) is 42.5 Å². The SMILES string of the molecule is CN(C)c1cc(NC2CCC(CNC(=O)Cc3c(Cl)ccc(Cl)c3Cl)CC2)nc2ccccc12. The molecular formula is C26H29Cl3N4O. The highest BCUT2D eigenvalue weighted by Gasteiger charge is 2.23. The molecule has 0 unspecified atom stereocenters. The Morgan fingerprint density at radius 2 is 1.74 bits per heavy atom. The van der Waals surface area contributed by atoms with E-state index in [1.54, 1.807) is 12.1 Å². The van der Waals surface area contributed by atoms with Crippen molar-refractivity contribution in [1.82, 2.24) is 10.3 Å². The first-order valence-electron chi connectivity index (χ1n) is 11.5. The summed E-state index contributed by atoms with van der Waals surface area (Å²) >= 11 is 18.5. The van der Waals surface area contributed by atoms with Gasteiger partial charge in [0.15, 0.2) is 0 Å². The van der Waals surface area contributed by atoms with Crippen LogP contribution in [-0.2, 0) is 11.2 Å². The number of fused-ring (bicyclic) bond motifs is 1. The van der Waals surface area contributed by atoms with Gasteiger partial charge in [0.05, 0.1) is 22.0 Å². The second kappa shape index (κ2) is 11.0. The van der Waals surface area contributed by atoms with Gasteiger partial charge in [-0.25, -0.2) is 4.98 Å². The fourth-order valence-electron chi connectivity index (χ4n) is 4.53. The standard InChI is InChI=1S/C26H29Cl3N4O/c1-33(2)23-14-24(32-22-6-4-3-5-18(22)23)31-17-9-7-16(8-10-17)15-30-25(34)13-19-20(27)11-12-21(28)26(19)29/h3-6,11-12,14,16-17H,7-10,13,15H2,1-2H3,(H,30,34)(H,31,32). The predicted octanol–water partition coefficient (Wildman–Crippen LogP) is 6.59. The molecule has 0 spiro atoms. The Morgan fingerprint density at radius 1 is 1.03 bits per heavy atom. The molecule has 2 aromatic carbocycles. The van der Waals surface area contributed by atoms with Crippen molar-refractivity contribution in [2.24, 2.45) is 5.92 Å². The molecule has 1 aliphatic rings. The van der Waals surface area contributed by atoms with E-state index in [1.807, 2.05) is 12.1 Å². The number of para-hydroxylation sites is 1. The van der Waals surface area contributed by atoms with Crippen LogP contribution in [0.2, 0.25) is 15.1 Å². The highest BCUT2D eigenvalue weighted by molar-refractivity contribution is 6.44. The van der Waals surface area contributed by atoms with E-state index in [0.717, 1.165) is 48.1 Å². The van der Waals surface area contributed by atoms with Crippen molar-refractivity contribution in [1.29, 1.82) is 0 Å². The summed E-state index contributed by atoms with van der Waals surface area (Å²) in [6, 6.07) is 14.0. The van der Waals surface area contributed by atoms with Gasteiger partial charge in [-0.15, -0.1) is 0 Å². The van der Waals surface area contributed by atoms with Crippen molar-refractivity contribution in [3.8, 4) is 0 Å². The summed E-state index contributed by atoms with van der Waals surface area (Å²) in [4.78, 5) is 19.4. The molecule has 0 radical (unpaired) electrons. The van der Waals surface area contributed by atoms with Crippen LogP contribution < -0.4 is 15.5 Å². The van der Waals surface area contributed by atoms with Crippen molar-refractivity contribution in [2.45, 2.75) is 38.1 Å². The van der Waals surface area contributed by atoms with Crippen molar-refractivity contribution in [2.75, 3.05) is 30.9 Å². The molecule has 2 N–H and O–H groups in total. The second-order valence-corrected chi connectivity index (χ2v) is 10.3. The number of carbonyl (C=O) groups excluding carboxylic acids is 1. The maximum Gasteiger partial charge on any atom is 0.224 e. The van der Waals surface area contributed by atoms with Crippen molar-refractivity contribution in [3.05, 3.63) is 63.1 Å². The van der Waals surface area contributed by atoms with Gasteiger partial charge in [0.2, 0.25) is 5.91 Å². The number of pyridine rings is 1. The van der Waals surface area contributed by atoms with Crippen molar-refractivity contribution >= 4 is 63.1 Å². The third kappa shape index (κ3) is 5.88. The van der Waals surface area contributed by atoms with E-state index >= 15 is 0 Å². The smallest absolute Gasteiger partial charge is 0.224 e. The lowest BCUT2D eigenvalue weighted by Crippen LogP contribution is -2.34. The fourth-order valence-corrected chi connectivity index (χ4v) is 5.21. The van der Waals surface area contributed by atoms with E-state index in [-0.39, 0.29) is 12.3 Å². The molecule has 1 fully saturated rings. The van der Waals surface area contributed by atoms with Crippen LogP contribution in [0.3, 0.4) is 0 Å². The van der Waals surface area contributed by atoms with Crippen LogP contribution in [0, 0.1) is 5.92 Å². The molecule has 4 rings (SSSR count). The van der Waals surface area contributed by atoms with Gasteiger partial charge in [0.1, 0.15) is 5.82 Å². The predicted molar refractivity (Wildman–Crippen MR) is 144 cm³/mol. The number of aromatic nitrogens is 1. The van der Waals surface area contributed by atoms with Crippen LogP contribution in [0.5, 0.6) is 0 Å². The molecule has 3 aromatic rings. The van der Waals surface area contributed by atoms with Gasteiger partial charge >= 0.3 is 0 Å². The average Bonchev–Trinajstić information content (AvgIpc) is 2.83. The third-order valence-electron chi connectivity index (χ3n) is 6.44. The van der Waals surface area contributed by atoms with E-state index in [2.05, 4.69) is 47.8 Å². The number of rotatable bonds is 7. The molecule has 1 aliphatic carbocycles.